The minimum atomic E-state index is -0.349. The lowest BCUT2D eigenvalue weighted by Gasteiger charge is -2.13. The molecule has 1 rings (SSSR count). The summed E-state index contributed by atoms with van der Waals surface area (Å²) in [6.45, 7) is 3.64. The Kier molecular flexibility index (Phi) is 5.83. The van der Waals surface area contributed by atoms with Crippen molar-refractivity contribution < 1.29 is 9.59 Å². The molecular formula is C14H22N4O2. The second-order valence-electron chi connectivity index (χ2n) is 4.97. The third-order valence-corrected chi connectivity index (χ3v) is 2.50. The average Bonchev–Trinajstić information content (AvgIpc) is 2.36. The van der Waals surface area contributed by atoms with Crippen molar-refractivity contribution in [1.29, 1.82) is 0 Å². The van der Waals surface area contributed by atoms with Gasteiger partial charge in [-0.25, -0.2) is 4.79 Å². The lowest BCUT2D eigenvalue weighted by atomic mass is 10.2. The van der Waals surface area contributed by atoms with Gasteiger partial charge in [-0.15, -0.1) is 0 Å². The summed E-state index contributed by atoms with van der Waals surface area (Å²) in [7, 11) is 3.90. The van der Waals surface area contributed by atoms with Crippen molar-refractivity contribution in [2.45, 2.75) is 19.9 Å². The van der Waals surface area contributed by atoms with E-state index in [-0.39, 0.29) is 24.5 Å². The van der Waals surface area contributed by atoms with Crippen molar-refractivity contribution in [3.05, 3.63) is 24.3 Å². The molecule has 1 aromatic carbocycles. The molecule has 0 spiro atoms. The van der Waals surface area contributed by atoms with Crippen molar-refractivity contribution >= 4 is 23.3 Å². The molecule has 1 aromatic rings. The molecule has 3 amide bonds. The summed E-state index contributed by atoms with van der Waals surface area (Å²) in [6.07, 6.45) is 0. The Labute approximate surface area is 119 Å². The van der Waals surface area contributed by atoms with Gasteiger partial charge in [-0.1, -0.05) is 0 Å². The first-order chi connectivity index (χ1) is 9.38. The lowest BCUT2D eigenvalue weighted by Crippen LogP contribution is -2.42. The molecule has 3 N–H and O–H groups in total. The molecule has 0 heterocycles. The summed E-state index contributed by atoms with van der Waals surface area (Å²) < 4.78 is 0. The third-order valence-electron chi connectivity index (χ3n) is 2.50. The molecule has 0 aromatic heterocycles. The van der Waals surface area contributed by atoms with Crippen molar-refractivity contribution in [2.24, 2.45) is 0 Å². The van der Waals surface area contributed by atoms with Crippen molar-refractivity contribution in [1.82, 2.24) is 10.6 Å². The molecule has 0 radical (unpaired) electrons. The van der Waals surface area contributed by atoms with Crippen LogP contribution in [0.1, 0.15) is 13.8 Å². The SMILES string of the molecule is CC(C)NC(=O)NCC(=O)Nc1ccc(N(C)C)cc1. The molecule has 0 aliphatic heterocycles. The van der Waals surface area contributed by atoms with Crippen LogP contribution in [-0.4, -0.2) is 38.6 Å². The van der Waals surface area contributed by atoms with Gasteiger partial charge in [0.15, 0.2) is 0 Å². The highest BCUT2D eigenvalue weighted by molar-refractivity contribution is 5.94. The van der Waals surface area contributed by atoms with Crippen LogP contribution in [0.5, 0.6) is 0 Å². The molecule has 6 nitrogen and oxygen atoms in total. The predicted molar refractivity (Wildman–Crippen MR) is 81.1 cm³/mol. The maximum Gasteiger partial charge on any atom is 0.315 e. The van der Waals surface area contributed by atoms with Crippen molar-refractivity contribution in [3.63, 3.8) is 0 Å². The van der Waals surface area contributed by atoms with Gasteiger partial charge in [0.25, 0.3) is 0 Å². The third kappa shape index (κ3) is 5.60. The summed E-state index contributed by atoms with van der Waals surface area (Å²) >= 11 is 0. The quantitative estimate of drug-likeness (QED) is 0.762. The number of rotatable bonds is 5. The minimum absolute atomic E-state index is 0.0386. The first-order valence-electron chi connectivity index (χ1n) is 6.50. The molecular weight excluding hydrogens is 256 g/mol. The van der Waals surface area contributed by atoms with Crippen LogP contribution in [0.25, 0.3) is 0 Å². The number of nitrogens with zero attached hydrogens (tertiary/aromatic N) is 1. The van der Waals surface area contributed by atoms with Crippen LogP contribution in [0, 0.1) is 0 Å². The van der Waals surface area contributed by atoms with Crippen LogP contribution in [0.15, 0.2) is 24.3 Å². The first kappa shape index (κ1) is 15.8. The number of anilines is 2. The average molecular weight is 278 g/mol. The van der Waals surface area contributed by atoms with Gasteiger partial charge >= 0.3 is 6.03 Å². The van der Waals surface area contributed by atoms with Crippen LogP contribution in [0.2, 0.25) is 0 Å². The summed E-state index contributed by atoms with van der Waals surface area (Å²) in [5.74, 6) is -0.262. The molecule has 0 aliphatic rings. The van der Waals surface area contributed by atoms with Crippen LogP contribution in [0.3, 0.4) is 0 Å². The van der Waals surface area contributed by atoms with Crippen LogP contribution in [-0.2, 0) is 4.79 Å². The number of amides is 3. The number of hydrogen-bond acceptors (Lipinski definition) is 3. The Morgan fingerprint density at radius 1 is 1.15 bits per heavy atom. The number of carbonyl (C=O) groups excluding carboxylic acids is 2. The fourth-order valence-corrected chi connectivity index (χ4v) is 1.52. The summed E-state index contributed by atoms with van der Waals surface area (Å²) in [5, 5.41) is 7.86. The number of benzene rings is 1. The van der Waals surface area contributed by atoms with E-state index >= 15 is 0 Å². The highest BCUT2D eigenvalue weighted by Gasteiger charge is 2.06. The van der Waals surface area contributed by atoms with E-state index in [2.05, 4.69) is 16.0 Å². The van der Waals surface area contributed by atoms with Gasteiger partial charge in [-0.2, -0.15) is 0 Å². The number of urea groups is 1. The zero-order chi connectivity index (χ0) is 15.1. The predicted octanol–water partition coefficient (Wildman–Crippen LogP) is 1.40. The highest BCUT2D eigenvalue weighted by Crippen LogP contribution is 2.15. The summed E-state index contributed by atoms with van der Waals surface area (Å²) in [4.78, 5) is 25.0. The molecule has 0 saturated carbocycles. The van der Waals surface area contributed by atoms with Crippen LogP contribution < -0.4 is 20.9 Å². The molecule has 0 saturated heterocycles. The maximum atomic E-state index is 11.7. The number of nitrogens with one attached hydrogen (secondary N) is 3. The Morgan fingerprint density at radius 3 is 2.25 bits per heavy atom. The van der Waals surface area contributed by atoms with Crippen LogP contribution in [0.4, 0.5) is 16.2 Å². The van der Waals surface area contributed by atoms with Gasteiger partial charge in [0.05, 0.1) is 6.54 Å². The molecule has 0 unspecified atom stereocenters. The fraction of sp³-hybridized carbons (Fsp3) is 0.429. The number of hydrogen-bond donors (Lipinski definition) is 3. The van der Waals surface area contributed by atoms with E-state index in [1.807, 2.05) is 57.1 Å². The molecule has 110 valence electrons. The van der Waals surface area contributed by atoms with E-state index in [1.165, 1.54) is 0 Å². The van der Waals surface area contributed by atoms with Gasteiger partial charge in [-0.3, -0.25) is 4.79 Å². The van der Waals surface area contributed by atoms with Gasteiger partial charge < -0.3 is 20.9 Å². The smallest absolute Gasteiger partial charge is 0.315 e. The van der Waals surface area contributed by atoms with Crippen molar-refractivity contribution in [2.75, 3.05) is 30.9 Å². The van der Waals surface area contributed by atoms with Gasteiger partial charge in [0.1, 0.15) is 0 Å². The number of carbonyl (C=O) groups is 2. The highest BCUT2D eigenvalue weighted by atomic mass is 16.2. The Bertz CT molecular complexity index is 455. The van der Waals surface area contributed by atoms with E-state index in [0.717, 1.165) is 5.69 Å². The zero-order valence-corrected chi connectivity index (χ0v) is 12.4. The minimum Gasteiger partial charge on any atom is -0.378 e. The summed E-state index contributed by atoms with van der Waals surface area (Å²) in [5.41, 5.74) is 1.75. The normalized spacial score (nSPS) is 10.1. The molecule has 0 fully saturated rings. The van der Waals surface area contributed by atoms with E-state index < -0.39 is 0 Å². The van der Waals surface area contributed by atoms with Crippen LogP contribution >= 0.6 is 0 Å². The molecule has 0 atom stereocenters. The fourth-order valence-electron chi connectivity index (χ4n) is 1.52. The standard InChI is InChI=1S/C14H22N4O2/c1-10(2)16-14(20)15-9-13(19)17-11-5-7-12(8-6-11)18(3)4/h5-8,10H,9H2,1-4H3,(H,17,19)(H2,15,16,20). The van der Waals surface area contributed by atoms with Gasteiger partial charge in [0.2, 0.25) is 5.91 Å². The maximum absolute atomic E-state index is 11.7. The molecule has 20 heavy (non-hydrogen) atoms. The second kappa shape index (κ2) is 7.37. The first-order valence-corrected chi connectivity index (χ1v) is 6.50. The van der Waals surface area contributed by atoms with Gasteiger partial charge in [0, 0.05) is 31.5 Å². The largest absolute Gasteiger partial charge is 0.378 e. The second-order valence-corrected chi connectivity index (χ2v) is 4.97. The van der Waals surface area contributed by atoms with E-state index in [0.29, 0.717) is 5.69 Å². The Hall–Kier alpha value is -2.24. The zero-order valence-electron chi connectivity index (χ0n) is 12.4. The van der Waals surface area contributed by atoms with E-state index in [1.54, 1.807) is 0 Å². The molecule has 0 bridgehead atoms. The van der Waals surface area contributed by atoms with E-state index in [4.69, 9.17) is 0 Å². The lowest BCUT2D eigenvalue weighted by molar-refractivity contribution is -0.115. The Morgan fingerprint density at radius 2 is 1.75 bits per heavy atom. The van der Waals surface area contributed by atoms with Crippen molar-refractivity contribution in [3.8, 4) is 0 Å². The molecule has 0 aliphatic carbocycles. The van der Waals surface area contributed by atoms with Gasteiger partial charge in [-0.05, 0) is 38.1 Å². The topological polar surface area (TPSA) is 73.5 Å². The van der Waals surface area contributed by atoms with E-state index in [9.17, 15) is 9.59 Å². The molecule has 6 heteroatoms. The Balaban J connectivity index is 2.40. The summed E-state index contributed by atoms with van der Waals surface area (Å²) in [6, 6.07) is 7.15. The monoisotopic (exact) mass is 278 g/mol.